The zero-order valence-corrected chi connectivity index (χ0v) is 13.2. The van der Waals surface area contributed by atoms with Crippen molar-refractivity contribution >= 4 is 11.6 Å². The van der Waals surface area contributed by atoms with Crippen LogP contribution in [-0.4, -0.2) is 30.8 Å². The number of nitrogens with two attached hydrogens (primary N) is 1. The van der Waals surface area contributed by atoms with Crippen LogP contribution in [0.3, 0.4) is 0 Å². The summed E-state index contributed by atoms with van der Waals surface area (Å²) in [5.74, 6) is 1.61. The summed E-state index contributed by atoms with van der Waals surface area (Å²) in [6, 6.07) is 4.25. The lowest BCUT2D eigenvalue weighted by Gasteiger charge is -2.34. The van der Waals surface area contributed by atoms with E-state index in [-0.39, 0.29) is 0 Å². The number of fused-ring (bicyclic) bond motifs is 1. The summed E-state index contributed by atoms with van der Waals surface area (Å²) in [7, 11) is 0. The number of halogens is 1. The molecule has 21 heavy (non-hydrogen) atoms. The van der Waals surface area contributed by atoms with Gasteiger partial charge in [0.25, 0.3) is 0 Å². The predicted molar refractivity (Wildman–Crippen MR) is 83.4 cm³/mol. The molecule has 2 N–H and O–H groups in total. The van der Waals surface area contributed by atoms with Crippen LogP contribution in [0.15, 0.2) is 12.1 Å². The molecular weight excluding hydrogens is 288 g/mol. The molecule has 1 unspecified atom stereocenters. The van der Waals surface area contributed by atoms with Crippen LogP contribution in [0.1, 0.15) is 30.9 Å². The molecule has 0 aliphatic carbocycles. The Morgan fingerprint density at radius 2 is 2.14 bits per heavy atom. The highest BCUT2D eigenvalue weighted by Gasteiger charge is 2.24. The molecule has 4 nitrogen and oxygen atoms in total. The van der Waals surface area contributed by atoms with Gasteiger partial charge in [-0.15, -0.1) is 0 Å². The Kier molecular flexibility index (Phi) is 4.69. The fraction of sp³-hybridized carbons (Fsp3) is 0.625. The second kappa shape index (κ2) is 6.53. The SMILES string of the molecule is CC(N)C1CCN(Cc2cc(Cl)cc3c2OCOC3)CC1. The van der Waals surface area contributed by atoms with Crippen LogP contribution in [0.25, 0.3) is 0 Å². The lowest BCUT2D eigenvalue weighted by molar-refractivity contribution is -0.0175. The smallest absolute Gasteiger partial charge is 0.189 e. The van der Waals surface area contributed by atoms with Gasteiger partial charge in [-0.25, -0.2) is 0 Å². The molecule has 5 heteroatoms. The van der Waals surface area contributed by atoms with Crippen molar-refractivity contribution in [1.82, 2.24) is 4.90 Å². The molecule has 1 fully saturated rings. The van der Waals surface area contributed by atoms with Crippen molar-refractivity contribution < 1.29 is 9.47 Å². The van der Waals surface area contributed by atoms with E-state index >= 15 is 0 Å². The molecule has 0 spiro atoms. The van der Waals surface area contributed by atoms with Gasteiger partial charge in [-0.1, -0.05) is 11.6 Å². The van der Waals surface area contributed by atoms with Crippen molar-refractivity contribution in [3.05, 3.63) is 28.3 Å². The Morgan fingerprint density at radius 3 is 2.86 bits per heavy atom. The molecule has 0 amide bonds. The Labute approximate surface area is 131 Å². The fourth-order valence-corrected chi connectivity index (χ4v) is 3.52. The monoisotopic (exact) mass is 310 g/mol. The number of hydrogen-bond donors (Lipinski definition) is 1. The van der Waals surface area contributed by atoms with E-state index in [0.717, 1.165) is 36.0 Å². The first-order chi connectivity index (χ1) is 10.1. The third-order valence-corrected chi connectivity index (χ3v) is 4.74. The zero-order chi connectivity index (χ0) is 14.8. The molecular formula is C16H23ClN2O2. The molecule has 2 aliphatic heterocycles. The summed E-state index contributed by atoms with van der Waals surface area (Å²) in [5, 5.41) is 0.753. The molecule has 1 saturated heterocycles. The topological polar surface area (TPSA) is 47.7 Å². The minimum absolute atomic E-state index is 0.298. The van der Waals surface area contributed by atoms with E-state index < -0.39 is 0 Å². The van der Waals surface area contributed by atoms with Gasteiger partial charge in [0.05, 0.1) is 6.61 Å². The lowest BCUT2D eigenvalue weighted by atomic mass is 9.90. The van der Waals surface area contributed by atoms with Gasteiger partial charge in [-0.3, -0.25) is 4.90 Å². The quantitative estimate of drug-likeness (QED) is 0.932. The highest BCUT2D eigenvalue weighted by atomic mass is 35.5. The van der Waals surface area contributed by atoms with Gasteiger partial charge in [0.1, 0.15) is 5.75 Å². The van der Waals surface area contributed by atoms with Crippen molar-refractivity contribution in [3.63, 3.8) is 0 Å². The van der Waals surface area contributed by atoms with Crippen LogP contribution in [0.4, 0.5) is 0 Å². The van der Waals surface area contributed by atoms with Crippen molar-refractivity contribution in [1.29, 1.82) is 0 Å². The number of piperidine rings is 1. The average molecular weight is 311 g/mol. The second-order valence-corrected chi connectivity index (χ2v) is 6.57. The Hall–Kier alpha value is -0.810. The van der Waals surface area contributed by atoms with Crippen LogP contribution in [0.5, 0.6) is 5.75 Å². The summed E-state index contributed by atoms with van der Waals surface area (Å²) < 4.78 is 11.0. The molecule has 0 radical (unpaired) electrons. The minimum Gasteiger partial charge on any atom is -0.467 e. The Balaban J connectivity index is 1.70. The number of benzene rings is 1. The number of ether oxygens (including phenoxy) is 2. The standard InChI is InChI=1S/C16H23ClN2O2/c1-11(18)12-2-4-19(5-3-12)8-13-6-15(17)7-14-9-20-10-21-16(13)14/h6-7,11-12H,2-5,8-10,18H2,1H3. The summed E-state index contributed by atoms with van der Waals surface area (Å²) in [4.78, 5) is 2.46. The molecule has 0 aromatic heterocycles. The maximum Gasteiger partial charge on any atom is 0.189 e. The molecule has 2 aliphatic rings. The van der Waals surface area contributed by atoms with Gasteiger partial charge in [0, 0.05) is 28.7 Å². The van der Waals surface area contributed by atoms with Crippen molar-refractivity contribution in [2.45, 2.75) is 39.0 Å². The first-order valence-electron chi connectivity index (χ1n) is 7.63. The number of rotatable bonds is 3. The Morgan fingerprint density at radius 1 is 1.38 bits per heavy atom. The van der Waals surface area contributed by atoms with Crippen LogP contribution >= 0.6 is 11.6 Å². The first kappa shape index (κ1) is 15.1. The van der Waals surface area contributed by atoms with Gasteiger partial charge in [-0.05, 0) is 50.9 Å². The summed E-state index contributed by atoms with van der Waals surface area (Å²) in [5.41, 5.74) is 8.22. The molecule has 2 heterocycles. The van der Waals surface area contributed by atoms with E-state index in [4.69, 9.17) is 26.8 Å². The van der Waals surface area contributed by atoms with Crippen molar-refractivity contribution in [2.75, 3.05) is 19.9 Å². The largest absolute Gasteiger partial charge is 0.467 e. The van der Waals surface area contributed by atoms with Gasteiger partial charge in [0.15, 0.2) is 6.79 Å². The molecule has 1 aromatic carbocycles. The zero-order valence-electron chi connectivity index (χ0n) is 12.5. The van der Waals surface area contributed by atoms with E-state index in [9.17, 15) is 0 Å². The van der Waals surface area contributed by atoms with Crippen molar-refractivity contribution in [3.8, 4) is 5.75 Å². The first-order valence-corrected chi connectivity index (χ1v) is 8.01. The predicted octanol–water partition coefficient (Wildman–Crippen LogP) is 2.77. The number of likely N-dealkylation sites (tertiary alicyclic amines) is 1. The maximum absolute atomic E-state index is 6.22. The van der Waals surface area contributed by atoms with Gasteiger partial charge in [0.2, 0.25) is 0 Å². The van der Waals surface area contributed by atoms with E-state index in [2.05, 4.69) is 11.8 Å². The van der Waals surface area contributed by atoms with Crippen molar-refractivity contribution in [2.24, 2.45) is 11.7 Å². The Bertz CT molecular complexity index is 499. The number of hydrogen-bond acceptors (Lipinski definition) is 4. The second-order valence-electron chi connectivity index (χ2n) is 6.14. The number of nitrogens with zero attached hydrogens (tertiary/aromatic N) is 1. The van der Waals surface area contributed by atoms with Gasteiger partial charge in [-0.2, -0.15) is 0 Å². The highest BCUT2D eigenvalue weighted by molar-refractivity contribution is 6.30. The summed E-state index contributed by atoms with van der Waals surface area (Å²) in [6.45, 7) is 6.08. The fourth-order valence-electron chi connectivity index (χ4n) is 3.25. The van der Waals surface area contributed by atoms with Crippen LogP contribution in [-0.2, 0) is 17.9 Å². The van der Waals surface area contributed by atoms with E-state index in [1.54, 1.807) is 0 Å². The van der Waals surface area contributed by atoms with E-state index in [0.29, 0.717) is 25.4 Å². The molecule has 1 atom stereocenters. The van der Waals surface area contributed by atoms with Gasteiger partial charge < -0.3 is 15.2 Å². The molecule has 3 rings (SSSR count). The molecule has 1 aromatic rings. The molecule has 0 saturated carbocycles. The van der Waals surface area contributed by atoms with E-state index in [1.807, 2.05) is 12.1 Å². The average Bonchev–Trinajstić information content (AvgIpc) is 2.47. The van der Waals surface area contributed by atoms with Crippen LogP contribution in [0, 0.1) is 5.92 Å². The van der Waals surface area contributed by atoms with Gasteiger partial charge >= 0.3 is 0 Å². The van der Waals surface area contributed by atoms with E-state index in [1.165, 1.54) is 18.4 Å². The normalized spacial score (nSPS) is 21.7. The lowest BCUT2D eigenvalue weighted by Crippen LogP contribution is -2.39. The van der Waals surface area contributed by atoms with Crippen LogP contribution in [0.2, 0.25) is 5.02 Å². The molecule has 0 bridgehead atoms. The minimum atomic E-state index is 0.298. The third kappa shape index (κ3) is 3.51. The third-order valence-electron chi connectivity index (χ3n) is 4.52. The molecule has 116 valence electrons. The summed E-state index contributed by atoms with van der Waals surface area (Å²) in [6.07, 6.45) is 2.34. The highest BCUT2D eigenvalue weighted by Crippen LogP contribution is 2.33. The maximum atomic E-state index is 6.22. The summed E-state index contributed by atoms with van der Waals surface area (Å²) >= 11 is 6.22. The van der Waals surface area contributed by atoms with Crippen LogP contribution < -0.4 is 10.5 Å².